The topological polar surface area (TPSA) is 258 Å². The summed E-state index contributed by atoms with van der Waals surface area (Å²) < 4.78 is 0. The molecule has 12 N–H and O–H groups in total. The van der Waals surface area contributed by atoms with Crippen LogP contribution in [-0.2, 0) is 24.0 Å². The highest BCUT2D eigenvalue weighted by Crippen LogP contribution is 2.03. The van der Waals surface area contributed by atoms with Crippen LogP contribution in [0.4, 0.5) is 0 Å². The minimum atomic E-state index is -1.39. The number of carboxylic acid groups (broad SMARTS) is 1. The van der Waals surface area contributed by atoms with Crippen LogP contribution in [0.5, 0.6) is 0 Å². The molecule has 0 spiro atoms. The first-order chi connectivity index (χ1) is 14.4. The number of carbonyl (C=O) groups is 5. The maximum atomic E-state index is 12.6. The lowest BCUT2D eigenvalue weighted by atomic mass is 10.1. The monoisotopic (exact) mass is 462 g/mol. The Kier molecular flexibility index (Phi) is 12.6. The molecule has 0 saturated carbocycles. The molecule has 0 aromatic carbocycles. The summed E-state index contributed by atoms with van der Waals surface area (Å²) in [5.74, 6) is -4.94. The van der Waals surface area contributed by atoms with Gasteiger partial charge in [-0.05, 0) is 19.8 Å². The van der Waals surface area contributed by atoms with E-state index in [2.05, 4.69) is 33.6 Å². The van der Waals surface area contributed by atoms with E-state index < -0.39 is 60.2 Å². The van der Waals surface area contributed by atoms with Crippen molar-refractivity contribution >= 4 is 48.2 Å². The number of carbonyl (C=O) groups excluding carboxylic acids is 4. The van der Waals surface area contributed by atoms with Crippen molar-refractivity contribution in [2.24, 2.45) is 27.9 Å². The summed E-state index contributed by atoms with van der Waals surface area (Å²) in [4.78, 5) is 63.2. The first-order valence-corrected chi connectivity index (χ1v) is 9.86. The maximum Gasteiger partial charge on any atom is 0.327 e. The molecule has 0 fully saturated rings. The van der Waals surface area contributed by atoms with Crippen molar-refractivity contribution in [3.05, 3.63) is 0 Å². The summed E-state index contributed by atoms with van der Waals surface area (Å²) in [5, 5.41) is 16.0. The Morgan fingerprint density at radius 3 is 1.90 bits per heavy atom. The molecule has 4 atom stereocenters. The van der Waals surface area contributed by atoms with Crippen molar-refractivity contribution in [3.8, 4) is 0 Å². The van der Waals surface area contributed by atoms with E-state index in [0.29, 0.717) is 0 Å². The standard InChI is InChI=1S/C16H30N8O6S/c1-7(17)12(26)23-9(5-11(18)25)14(28)22-8(3-2-4-21-16(19)20)13(27)24-10(6-31)15(29)30/h7-10,31H,2-6,17H2,1H3,(H2,18,25)(H,22,28)(H,23,26)(H,24,27)(H,29,30)(H4,19,20,21). The Bertz CT molecular complexity index is 698. The first kappa shape index (κ1) is 27.9. The summed E-state index contributed by atoms with van der Waals surface area (Å²) >= 11 is 3.86. The van der Waals surface area contributed by atoms with Crippen LogP contribution in [0.25, 0.3) is 0 Å². The molecule has 0 saturated heterocycles. The summed E-state index contributed by atoms with van der Waals surface area (Å²) in [7, 11) is 0. The van der Waals surface area contributed by atoms with Crippen LogP contribution in [-0.4, -0.2) is 77.1 Å². The van der Waals surface area contributed by atoms with E-state index in [-0.39, 0.29) is 31.1 Å². The number of nitrogens with two attached hydrogens (primary N) is 4. The van der Waals surface area contributed by atoms with E-state index in [1.54, 1.807) is 0 Å². The van der Waals surface area contributed by atoms with Crippen molar-refractivity contribution in [2.45, 2.75) is 50.4 Å². The predicted molar refractivity (Wildman–Crippen MR) is 115 cm³/mol. The molecule has 0 aliphatic heterocycles. The maximum absolute atomic E-state index is 12.6. The zero-order valence-electron chi connectivity index (χ0n) is 17.0. The van der Waals surface area contributed by atoms with Crippen LogP contribution in [0.1, 0.15) is 26.2 Å². The number of nitrogens with zero attached hydrogens (tertiary/aromatic N) is 1. The highest BCUT2D eigenvalue weighted by Gasteiger charge is 2.30. The predicted octanol–water partition coefficient (Wildman–Crippen LogP) is -4.27. The average molecular weight is 463 g/mol. The molecular weight excluding hydrogens is 432 g/mol. The van der Waals surface area contributed by atoms with Gasteiger partial charge in [0, 0.05) is 12.3 Å². The molecule has 14 nitrogen and oxygen atoms in total. The van der Waals surface area contributed by atoms with Gasteiger partial charge in [-0.25, -0.2) is 4.79 Å². The smallest absolute Gasteiger partial charge is 0.327 e. The molecule has 0 bridgehead atoms. The molecule has 4 amide bonds. The molecule has 0 aliphatic carbocycles. The Balaban J connectivity index is 5.45. The van der Waals surface area contributed by atoms with Crippen molar-refractivity contribution in [3.63, 3.8) is 0 Å². The lowest BCUT2D eigenvalue weighted by Crippen LogP contribution is -2.57. The van der Waals surface area contributed by atoms with E-state index in [4.69, 9.17) is 28.0 Å². The Morgan fingerprint density at radius 2 is 1.45 bits per heavy atom. The van der Waals surface area contributed by atoms with E-state index in [9.17, 15) is 24.0 Å². The van der Waals surface area contributed by atoms with Gasteiger partial charge in [0.15, 0.2) is 5.96 Å². The fourth-order valence-electron chi connectivity index (χ4n) is 2.22. The van der Waals surface area contributed by atoms with Crippen molar-refractivity contribution < 1.29 is 29.1 Å². The fourth-order valence-corrected chi connectivity index (χ4v) is 2.46. The number of hydrogen-bond acceptors (Lipinski definition) is 8. The molecule has 176 valence electrons. The number of thiol groups is 1. The number of aliphatic imine (C=N–C) groups is 1. The number of nitrogens with one attached hydrogen (secondary N) is 3. The highest BCUT2D eigenvalue weighted by atomic mass is 32.1. The van der Waals surface area contributed by atoms with E-state index in [1.165, 1.54) is 6.92 Å². The van der Waals surface area contributed by atoms with Gasteiger partial charge in [-0.2, -0.15) is 12.6 Å². The Morgan fingerprint density at radius 1 is 0.935 bits per heavy atom. The van der Waals surface area contributed by atoms with Gasteiger partial charge in [-0.1, -0.05) is 0 Å². The van der Waals surface area contributed by atoms with Crippen molar-refractivity contribution in [1.82, 2.24) is 16.0 Å². The average Bonchev–Trinajstić information content (AvgIpc) is 2.66. The zero-order chi connectivity index (χ0) is 24.1. The van der Waals surface area contributed by atoms with Crippen LogP contribution in [0.2, 0.25) is 0 Å². The molecule has 0 heterocycles. The molecule has 0 aromatic rings. The lowest BCUT2D eigenvalue weighted by molar-refractivity contribution is -0.141. The van der Waals surface area contributed by atoms with Crippen LogP contribution in [0.3, 0.4) is 0 Å². The molecule has 0 rings (SSSR count). The third-order valence-electron chi connectivity index (χ3n) is 3.83. The van der Waals surface area contributed by atoms with E-state index in [0.717, 1.165) is 0 Å². The van der Waals surface area contributed by atoms with Crippen LogP contribution >= 0.6 is 12.6 Å². The number of rotatable bonds is 14. The van der Waals surface area contributed by atoms with Crippen molar-refractivity contribution in [1.29, 1.82) is 0 Å². The molecule has 0 aromatic heterocycles. The van der Waals surface area contributed by atoms with E-state index in [1.807, 2.05) is 0 Å². The first-order valence-electron chi connectivity index (χ1n) is 9.23. The third kappa shape index (κ3) is 11.6. The highest BCUT2D eigenvalue weighted by molar-refractivity contribution is 7.80. The lowest BCUT2D eigenvalue weighted by Gasteiger charge is -2.24. The second-order valence-electron chi connectivity index (χ2n) is 6.61. The zero-order valence-corrected chi connectivity index (χ0v) is 17.9. The van der Waals surface area contributed by atoms with Gasteiger partial charge < -0.3 is 44.0 Å². The van der Waals surface area contributed by atoms with Crippen LogP contribution in [0, 0.1) is 0 Å². The number of aliphatic carboxylic acids is 1. The van der Waals surface area contributed by atoms with Crippen LogP contribution < -0.4 is 38.9 Å². The minimum Gasteiger partial charge on any atom is -0.480 e. The molecular formula is C16H30N8O6S. The summed E-state index contributed by atoms with van der Waals surface area (Å²) in [6, 6.07) is -4.86. The van der Waals surface area contributed by atoms with Crippen LogP contribution in [0.15, 0.2) is 4.99 Å². The molecule has 0 radical (unpaired) electrons. The van der Waals surface area contributed by atoms with Gasteiger partial charge in [0.25, 0.3) is 0 Å². The van der Waals surface area contributed by atoms with Gasteiger partial charge in [0.2, 0.25) is 23.6 Å². The third-order valence-corrected chi connectivity index (χ3v) is 4.19. The van der Waals surface area contributed by atoms with Gasteiger partial charge in [0.05, 0.1) is 12.5 Å². The van der Waals surface area contributed by atoms with Crippen molar-refractivity contribution in [2.75, 3.05) is 12.3 Å². The van der Waals surface area contributed by atoms with E-state index >= 15 is 0 Å². The number of carboxylic acids is 1. The number of primary amides is 1. The second-order valence-corrected chi connectivity index (χ2v) is 6.98. The van der Waals surface area contributed by atoms with Gasteiger partial charge in [-0.15, -0.1) is 0 Å². The molecule has 0 aliphatic rings. The Hall–Kier alpha value is -3.07. The summed E-state index contributed by atoms with van der Waals surface area (Å²) in [5.41, 5.74) is 21.0. The van der Waals surface area contributed by atoms with Gasteiger partial charge >= 0.3 is 5.97 Å². The molecule has 4 unspecified atom stereocenters. The molecule has 15 heteroatoms. The normalized spacial score (nSPS) is 14.3. The number of amides is 4. The number of hydrogen-bond donors (Lipinski definition) is 9. The Labute approximate surface area is 184 Å². The van der Waals surface area contributed by atoms with Gasteiger partial charge in [-0.3, -0.25) is 24.2 Å². The second kappa shape index (κ2) is 14.0. The minimum absolute atomic E-state index is 0.0256. The summed E-state index contributed by atoms with van der Waals surface area (Å²) in [6.45, 7) is 1.51. The quantitative estimate of drug-likeness (QED) is 0.0523. The number of guanidine groups is 1. The molecule has 31 heavy (non-hydrogen) atoms. The van der Waals surface area contributed by atoms with Gasteiger partial charge in [0.1, 0.15) is 18.1 Å². The summed E-state index contributed by atoms with van der Waals surface area (Å²) in [6.07, 6.45) is -0.264. The largest absolute Gasteiger partial charge is 0.480 e. The fraction of sp³-hybridized carbons (Fsp3) is 0.625. The SMILES string of the molecule is CC(N)C(=O)NC(CC(N)=O)C(=O)NC(CCCN=C(N)N)C(=O)NC(CS)C(=O)O.